The first-order chi connectivity index (χ1) is 10.5. The van der Waals surface area contributed by atoms with Crippen molar-refractivity contribution in [3.63, 3.8) is 0 Å². The van der Waals surface area contributed by atoms with Crippen LogP contribution >= 0.6 is 0 Å². The van der Waals surface area contributed by atoms with E-state index < -0.39 is 0 Å². The van der Waals surface area contributed by atoms with Gasteiger partial charge in [-0.3, -0.25) is 0 Å². The standard InChI is InChI=1S/C22H32N/c1-16-13-18(22(5,6)7)10-11-19(16)20-12-9-17(15-23(20)8)14-21(2,3)4/h9-13,15H,14H2,1-8H3/q+1. The molecule has 23 heavy (non-hydrogen) atoms. The van der Waals surface area contributed by atoms with Crippen LogP contribution in [-0.2, 0) is 18.9 Å². The van der Waals surface area contributed by atoms with Crippen LogP contribution in [0.3, 0.4) is 0 Å². The van der Waals surface area contributed by atoms with Crippen molar-refractivity contribution in [3.05, 3.63) is 53.2 Å². The third-order valence-corrected chi connectivity index (χ3v) is 4.30. The second-order valence-electron chi connectivity index (χ2n) is 9.05. The summed E-state index contributed by atoms with van der Waals surface area (Å²) in [4.78, 5) is 0. The Morgan fingerprint density at radius 3 is 2.04 bits per heavy atom. The predicted molar refractivity (Wildman–Crippen MR) is 99.7 cm³/mol. The molecule has 1 heterocycles. The van der Waals surface area contributed by atoms with Crippen LogP contribution in [0, 0.1) is 12.3 Å². The third-order valence-electron chi connectivity index (χ3n) is 4.30. The number of benzene rings is 1. The van der Waals surface area contributed by atoms with Gasteiger partial charge in [-0.25, -0.2) is 4.57 Å². The van der Waals surface area contributed by atoms with Crippen molar-refractivity contribution < 1.29 is 4.57 Å². The van der Waals surface area contributed by atoms with Crippen molar-refractivity contribution in [2.24, 2.45) is 12.5 Å². The monoisotopic (exact) mass is 310 g/mol. The number of pyridine rings is 1. The highest BCUT2D eigenvalue weighted by molar-refractivity contribution is 5.62. The second-order valence-corrected chi connectivity index (χ2v) is 9.05. The van der Waals surface area contributed by atoms with Gasteiger partial charge in [-0.15, -0.1) is 0 Å². The maximum Gasteiger partial charge on any atom is 0.212 e. The van der Waals surface area contributed by atoms with Gasteiger partial charge in [0.25, 0.3) is 0 Å². The highest BCUT2D eigenvalue weighted by atomic mass is 14.9. The SMILES string of the molecule is Cc1cc(C(C)(C)C)ccc1-c1ccc(CC(C)(C)C)c[n+]1C. The molecule has 1 aromatic carbocycles. The van der Waals surface area contributed by atoms with Crippen molar-refractivity contribution in [2.75, 3.05) is 0 Å². The Kier molecular flexibility index (Phi) is 4.71. The average Bonchev–Trinajstić information content (AvgIpc) is 2.36. The first-order valence-corrected chi connectivity index (χ1v) is 8.57. The average molecular weight is 311 g/mol. The molecule has 0 aliphatic carbocycles. The van der Waals surface area contributed by atoms with E-state index >= 15 is 0 Å². The molecule has 1 nitrogen and oxygen atoms in total. The largest absolute Gasteiger partial charge is 0.212 e. The number of aryl methyl sites for hydroxylation is 2. The highest BCUT2D eigenvalue weighted by Gasteiger charge is 2.19. The molecule has 0 radical (unpaired) electrons. The molecule has 0 aliphatic heterocycles. The molecule has 0 bridgehead atoms. The smallest absolute Gasteiger partial charge is 0.201 e. The second kappa shape index (κ2) is 6.11. The number of hydrogen-bond donors (Lipinski definition) is 0. The van der Waals surface area contributed by atoms with Gasteiger partial charge in [0.2, 0.25) is 5.69 Å². The van der Waals surface area contributed by atoms with Crippen LogP contribution in [0.4, 0.5) is 0 Å². The summed E-state index contributed by atoms with van der Waals surface area (Å²) >= 11 is 0. The van der Waals surface area contributed by atoms with Crippen LogP contribution in [0.15, 0.2) is 36.5 Å². The molecule has 0 atom stereocenters. The van der Waals surface area contributed by atoms with Crippen molar-refractivity contribution in [1.82, 2.24) is 0 Å². The van der Waals surface area contributed by atoms with Crippen LogP contribution in [0.2, 0.25) is 0 Å². The Labute approximate surface area is 142 Å². The highest BCUT2D eigenvalue weighted by Crippen LogP contribution is 2.28. The normalized spacial score (nSPS) is 12.5. The van der Waals surface area contributed by atoms with Crippen molar-refractivity contribution in [2.45, 2.75) is 60.3 Å². The van der Waals surface area contributed by atoms with Crippen molar-refractivity contribution >= 4 is 0 Å². The molecule has 2 rings (SSSR count). The Morgan fingerprint density at radius 2 is 1.57 bits per heavy atom. The molecule has 0 N–H and O–H groups in total. The van der Waals surface area contributed by atoms with Crippen LogP contribution in [0.25, 0.3) is 11.3 Å². The van der Waals surface area contributed by atoms with E-state index in [1.54, 1.807) is 0 Å². The van der Waals surface area contributed by atoms with Gasteiger partial charge in [-0.1, -0.05) is 53.7 Å². The lowest BCUT2D eigenvalue weighted by Gasteiger charge is -2.20. The van der Waals surface area contributed by atoms with Gasteiger partial charge in [0.15, 0.2) is 6.20 Å². The van der Waals surface area contributed by atoms with E-state index in [1.165, 1.54) is 27.9 Å². The van der Waals surface area contributed by atoms with E-state index in [2.05, 4.69) is 96.6 Å². The van der Waals surface area contributed by atoms with E-state index in [0.29, 0.717) is 5.41 Å². The minimum Gasteiger partial charge on any atom is -0.201 e. The topological polar surface area (TPSA) is 3.88 Å². The Bertz CT molecular complexity index is 697. The zero-order valence-corrected chi connectivity index (χ0v) is 16.1. The van der Waals surface area contributed by atoms with E-state index in [0.717, 1.165) is 6.42 Å². The van der Waals surface area contributed by atoms with Crippen LogP contribution < -0.4 is 4.57 Å². The van der Waals surface area contributed by atoms with Crippen molar-refractivity contribution in [3.8, 4) is 11.3 Å². The summed E-state index contributed by atoms with van der Waals surface area (Å²) < 4.78 is 2.26. The van der Waals surface area contributed by atoms with E-state index in [4.69, 9.17) is 0 Å². The fourth-order valence-electron chi connectivity index (χ4n) is 3.08. The molecule has 0 unspecified atom stereocenters. The van der Waals surface area contributed by atoms with Crippen LogP contribution in [0.1, 0.15) is 58.2 Å². The summed E-state index contributed by atoms with van der Waals surface area (Å²) in [5.41, 5.74) is 7.25. The maximum absolute atomic E-state index is 2.33. The quantitative estimate of drug-likeness (QED) is 0.656. The number of hydrogen-bond acceptors (Lipinski definition) is 0. The first-order valence-electron chi connectivity index (χ1n) is 8.57. The molecule has 1 aromatic heterocycles. The molecule has 124 valence electrons. The molecule has 0 aliphatic rings. The molecular formula is C22H32N+. The summed E-state index contributed by atoms with van der Waals surface area (Å²) in [6.45, 7) is 15.9. The molecule has 1 heteroatoms. The maximum atomic E-state index is 2.33. The number of rotatable bonds is 2. The summed E-state index contributed by atoms with van der Waals surface area (Å²) in [7, 11) is 2.15. The zero-order chi connectivity index (χ0) is 17.4. The van der Waals surface area contributed by atoms with Crippen molar-refractivity contribution in [1.29, 1.82) is 0 Å². The summed E-state index contributed by atoms with van der Waals surface area (Å²) in [5, 5.41) is 0. The van der Waals surface area contributed by atoms with E-state index in [1.807, 2.05) is 0 Å². The first kappa shape index (κ1) is 17.7. The summed E-state index contributed by atoms with van der Waals surface area (Å²) in [6, 6.07) is 11.4. The number of aromatic nitrogens is 1. The Morgan fingerprint density at radius 1 is 0.913 bits per heavy atom. The lowest BCUT2D eigenvalue weighted by Crippen LogP contribution is -2.32. The lowest BCUT2D eigenvalue weighted by molar-refractivity contribution is -0.660. The molecule has 0 fully saturated rings. The van der Waals surface area contributed by atoms with Gasteiger partial charge in [0.1, 0.15) is 7.05 Å². The molecule has 0 amide bonds. The summed E-state index contributed by atoms with van der Waals surface area (Å²) in [6.07, 6.45) is 3.38. The van der Waals surface area contributed by atoms with Gasteiger partial charge < -0.3 is 0 Å². The Balaban J connectivity index is 2.39. The van der Waals surface area contributed by atoms with Crippen LogP contribution in [-0.4, -0.2) is 0 Å². The van der Waals surface area contributed by atoms with Gasteiger partial charge in [-0.2, -0.15) is 0 Å². The Hall–Kier alpha value is -1.63. The van der Waals surface area contributed by atoms with Gasteiger partial charge in [0, 0.05) is 17.2 Å². The fraction of sp³-hybridized carbons (Fsp3) is 0.500. The minimum atomic E-state index is 0.196. The lowest BCUT2D eigenvalue weighted by atomic mass is 9.85. The van der Waals surface area contributed by atoms with E-state index in [9.17, 15) is 0 Å². The van der Waals surface area contributed by atoms with Gasteiger partial charge in [0.05, 0.1) is 0 Å². The summed E-state index contributed by atoms with van der Waals surface area (Å²) in [5.74, 6) is 0. The predicted octanol–water partition coefficient (Wildman–Crippen LogP) is 5.37. The molecular weight excluding hydrogens is 278 g/mol. The fourth-order valence-corrected chi connectivity index (χ4v) is 3.08. The molecule has 0 saturated carbocycles. The third kappa shape index (κ3) is 4.43. The van der Waals surface area contributed by atoms with Crippen LogP contribution in [0.5, 0.6) is 0 Å². The van der Waals surface area contributed by atoms with E-state index in [-0.39, 0.29) is 5.41 Å². The minimum absolute atomic E-state index is 0.196. The molecule has 0 spiro atoms. The van der Waals surface area contributed by atoms with Gasteiger partial charge in [-0.05, 0) is 47.4 Å². The zero-order valence-electron chi connectivity index (χ0n) is 16.1. The van der Waals surface area contributed by atoms with Gasteiger partial charge >= 0.3 is 0 Å². The molecule has 2 aromatic rings. The molecule has 0 saturated heterocycles. The number of nitrogens with zero attached hydrogens (tertiary/aromatic N) is 1.